The molecule has 1 aliphatic heterocycles. The number of carboxylic acids is 1. The summed E-state index contributed by atoms with van der Waals surface area (Å²) in [6.45, 7) is 6.54. The van der Waals surface area contributed by atoms with Crippen molar-refractivity contribution >= 4 is 5.97 Å². The number of likely N-dealkylation sites (tertiary alicyclic amines) is 1. The molecule has 0 aromatic heterocycles. The Labute approximate surface area is 91.2 Å². The second kappa shape index (κ2) is 5.47. The van der Waals surface area contributed by atoms with Crippen LogP contribution in [0.2, 0.25) is 0 Å². The molecule has 0 amide bonds. The van der Waals surface area contributed by atoms with E-state index in [1.54, 1.807) is 7.11 Å². The van der Waals surface area contributed by atoms with Crippen LogP contribution in [0.25, 0.3) is 0 Å². The number of carboxylic acid groups (broad SMARTS) is 1. The molecule has 1 N–H and O–H groups in total. The van der Waals surface area contributed by atoms with Gasteiger partial charge in [0, 0.05) is 20.2 Å². The minimum absolute atomic E-state index is 0.325. The maximum Gasteiger partial charge on any atom is 0.320 e. The maximum absolute atomic E-state index is 11.0. The SMILES string of the molecule is CC[C@H](C(=O)O)N1C[C@H](COC)[C@H](C)C1. The number of nitrogens with zero attached hydrogens (tertiary/aromatic N) is 1. The fourth-order valence-electron chi connectivity index (χ4n) is 2.35. The van der Waals surface area contributed by atoms with Crippen molar-refractivity contribution in [2.45, 2.75) is 26.3 Å². The molecule has 88 valence electrons. The molecule has 0 unspecified atom stereocenters. The summed E-state index contributed by atoms with van der Waals surface area (Å²) in [7, 11) is 1.70. The quantitative estimate of drug-likeness (QED) is 0.745. The van der Waals surface area contributed by atoms with Gasteiger partial charge in [0.05, 0.1) is 6.61 Å². The van der Waals surface area contributed by atoms with E-state index < -0.39 is 5.97 Å². The van der Waals surface area contributed by atoms with Crippen molar-refractivity contribution in [3.63, 3.8) is 0 Å². The molecule has 15 heavy (non-hydrogen) atoms. The molecule has 0 aliphatic carbocycles. The van der Waals surface area contributed by atoms with Crippen LogP contribution in [0.15, 0.2) is 0 Å². The molecule has 1 heterocycles. The average molecular weight is 215 g/mol. The van der Waals surface area contributed by atoms with Gasteiger partial charge in [0.15, 0.2) is 0 Å². The van der Waals surface area contributed by atoms with Gasteiger partial charge in [0.1, 0.15) is 6.04 Å². The van der Waals surface area contributed by atoms with Crippen molar-refractivity contribution < 1.29 is 14.6 Å². The Hall–Kier alpha value is -0.610. The summed E-state index contributed by atoms with van der Waals surface area (Å²) in [5, 5.41) is 9.06. The number of aliphatic carboxylic acids is 1. The second-order valence-electron chi connectivity index (χ2n) is 4.41. The molecule has 0 spiro atoms. The third-order valence-corrected chi connectivity index (χ3v) is 3.29. The van der Waals surface area contributed by atoms with Crippen LogP contribution >= 0.6 is 0 Å². The number of hydrogen-bond donors (Lipinski definition) is 1. The first-order valence-electron chi connectivity index (χ1n) is 5.55. The Bertz CT molecular complexity index is 220. The van der Waals surface area contributed by atoms with Crippen LogP contribution in [0, 0.1) is 11.8 Å². The number of carbonyl (C=O) groups is 1. The third kappa shape index (κ3) is 2.92. The van der Waals surface area contributed by atoms with Crippen LogP contribution in [0.5, 0.6) is 0 Å². The zero-order valence-corrected chi connectivity index (χ0v) is 9.77. The van der Waals surface area contributed by atoms with E-state index in [1.807, 2.05) is 6.92 Å². The van der Waals surface area contributed by atoms with Gasteiger partial charge in [0.25, 0.3) is 0 Å². The first kappa shape index (κ1) is 12.5. The highest BCUT2D eigenvalue weighted by Gasteiger charge is 2.35. The van der Waals surface area contributed by atoms with Crippen LogP contribution < -0.4 is 0 Å². The number of methoxy groups -OCH3 is 1. The summed E-state index contributed by atoms with van der Waals surface area (Å²) in [4.78, 5) is 13.1. The van der Waals surface area contributed by atoms with Crippen LogP contribution in [-0.4, -0.2) is 48.8 Å². The van der Waals surface area contributed by atoms with Gasteiger partial charge in [-0.25, -0.2) is 0 Å². The predicted octanol–water partition coefficient (Wildman–Crippen LogP) is 1.06. The molecular weight excluding hydrogens is 194 g/mol. The molecule has 1 saturated heterocycles. The topological polar surface area (TPSA) is 49.8 Å². The average Bonchev–Trinajstić information content (AvgIpc) is 2.49. The van der Waals surface area contributed by atoms with Crippen molar-refractivity contribution in [2.24, 2.45) is 11.8 Å². The highest BCUT2D eigenvalue weighted by molar-refractivity contribution is 5.73. The molecule has 0 aromatic rings. The Morgan fingerprint density at radius 1 is 1.60 bits per heavy atom. The minimum atomic E-state index is -0.706. The first-order valence-corrected chi connectivity index (χ1v) is 5.55. The van der Waals surface area contributed by atoms with Crippen molar-refractivity contribution in [3.05, 3.63) is 0 Å². The van der Waals surface area contributed by atoms with Gasteiger partial charge >= 0.3 is 5.97 Å². The van der Waals surface area contributed by atoms with Gasteiger partial charge in [0.2, 0.25) is 0 Å². The van der Waals surface area contributed by atoms with Crippen molar-refractivity contribution in [2.75, 3.05) is 26.8 Å². The lowest BCUT2D eigenvalue weighted by Crippen LogP contribution is -2.39. The van der Waals surface area contributed by atoms with Gasteiger partial charge in [-0.15, -0.1) is 0 Å². The molecule has 0 radical (unpaired) electrons. The molecule has 4 nitrogen and oxygen atoms in total. The molecule has 0 bridgehead atoms. The first-order chi connectivity index (χ1) is 7.10. The zero-order chi connectivity index (χ0) is 11.4. The lowest BCUT2D eigenvalue weighted by atomic mass is 10.00. The Morgan fingerprint density at radius 3 is 2.73 bits per heavy atom. The summed E-state index contributed by atoms with van der Waals surface area (Å²) < 4.78 is 5.14. The highest BCUT2D eigenvalue weighted by Crippen LogP contribution is 2.25. The van der Waals surface area contributed by atoms with Crippen molar-refractivity contribution in [1.29, 1.82) is 0 Å². The predicted molar refractivity (Wildman–Crippen MR) is 57.8 cm³/mol. The van der Waals surface area contributed by atoms with Gasteiger partial charge in [-0.05, 0) is 18.3 Å². The fraction of sp³-hybridized carbons (Fsp3) is 0.909. The van der Waals surface area contributed by atoms with E-state index in [4.69, 9.17) is 9.84 Å². The van der Waals surface area contributed by atoms with E-state index in [2.05, 4.69) is 11.8 Å². The molecular formula is C11H21NO3. The van der Waals surface area contributed by atoms with Crippen molar-refractivity contribution in [1.82, 2.24) is 4.90 Å². The Morgan fingerprint density at radius 2 is 2.27 bits per heavy atom. The van der Waals surface area contributed by atoms with Crippen LogP contribution in [0.1, 0.15) is 20.3 Å². The molecule has 0 saturated carbocycles. The van der Waals surface area contributed by atoms with Crippen LogP contribution in [0.4, 0.5) is 0 Å². The summed E-state index contributed by atoms with van der Waals surface area (Å²) in [6, 6.07) is -0.325. The third-order valence-electron chi connectivity index (χ3n) is 3.29. The van der Waals surface area contributed by atoms with E-state index >= 15 is 0 Å². The number of hydrogen-bond acceptors (Lipinski definition) is 3. The molecule has 0 aromatic carbocycles. The van der Waals surface area contributed by atoms with E-state index in [1.165, 1.54) is 0 Å². The Kier molecular flexibility index (Phi) is 4.54. The van der Waals surface area contributed by atoms with Crippen LogP contribution in [0.3, 0.4) is 0 Å². The van der Waals surface area contributed by atoms with Gasteiger partial charge < -0.3 is 9.84 Å². The van der Waals surface area contributed by atoms with E-state index in [9.17, 15) is 4.79 Å². The zero-order valence-electron chi connectivity index (χ0n) is 9.77. The van der Waals surface area contributed by atoms with Gasteiger partial charge in [-0.2, -0.15) is 0 Å². The monoisotopic (exact) mass is 215 g/mol. The minimum Gasteiger partial charge on any atom is -0.480 e. The normalized spacial score (nSPS) is 29.3. The Balaban J connectivity index is 2.55. The number of rotatable bonds is 5. The van der Waals surface area contributed by atoms with Gasteiger partial charge in [-0.1, -0.05) is 13.8 Å². The van der Waals surface area contributed by atoms with E-state index in [-0.39, 0.29) is 6.04 Å². The summed E-state index contributed by atoms with van der Waals surface area (Å²) in [6.07, 6.45) is 0.668. The standard InChI is InChI=1S/C11H21NO3/c1-4-10(11(13)14)12-5-8(2)9(6-12)7-15-3/h8-10H,4-7H2,1-3H3,(H,13,14)/t8-,9-,10-/m1/s1. The smallest absolute Gasteiger partial charge is 0.320 e. The molecule has 1 fully saturated rings. The summed E-state index contributed by atoms with van der Waals surface area (Å²) in [5.74, 6) is 0.296. The molecule has 3 atom stereocenters. The lowest BCUT2D eigenvalue weighted by molar-refractivity contribution is -0.143. The van der Waals surface area contributed by atoms with Crippen molar-refractivity contribution in [3.8, 4) is 0 Å². The molecule has 1 rings (SSSR count). The maximum atomic E-state index is 11.0. The van der Waals surface area contributed by atoms with E-state index in [0.29, 0.717) is 18.3 Å². The molecule has 1 aliphatic rings. The lowest BCUT2D eigenvalue weighted by Gasteiger charge is -2.22. The van der Waals surface area contributed by atoms with Crippen LogP contribution in [-0.2, 0) is 9.53 Å². The summed E-state index contributed by atoms with van der Waals surface area (Å²) >= 11 is 0. The fourth-order valence-corrected chi connectivity index (χ4v) is 2.35. The largest absolute Gasteiger partial charge is 0.480 e. The highest BCUT2D eigenvalue weighted by atomic mass is 16.5. The number of ether oxygens (including phenoxy) is 1. The summed E-state index contributed by atoms with van der Waals surface area (Å²) in [5.41, 5.74) is 0. The second-order valence-corrected chi connectivity index (χ2v) is 4.41. The van der Waals surface area contributed by atoms with Gasteiger partial charge in [-0.3, -0.25) is 9.69 Å². The molecule has 4 heteroatoms. The van der Waals surface area contributed by atoms with E-state index in [0.717, 1.165) is 19.7 Å².